The van der Waals surface area contributed by atoms with Crippen molar-refractivity contribution >= 4 is 12.4 Å². The van der Waals surface area contributed by atoms with Crippen molar-refractivity contribution in [3.63, 3.8) is 0 Å². The normalized spacial score (nSPS) is 13.7. The van der Waals surface area contributed by atoms with Crippen LogP contribution in [0.3, 0.4) is 0 Å². The summed E-state index contributed by atoms with van der Waals surface area (Å²) in [5, 5.41) is 9.41. The molecule has 0 radical (unpaired) electrons. The van der Waals surface area contributed by atoms with E-state index in [1.165, 1.54) is 13.8 Å². The van der Waals surface area contributed by atoms with Gasteiger partial charge in [0.15, 0.2) is 5.54 Å². The lowest BCUT2D eigenvalue weighted by Gasteiger charge is -2.35. The van der Waals surface area contributed by atoms with E-state index in [0.29, 0.717) is 12.8 Å². The number of amides is 1. The zero-order valence-electron chi connectivity index (χ0n) is 11.6. The van der Waals surface area contributed by atoms with Gasteiger partial charge in [-0.2, -0.15) is 0 Å². The summed E-state index contributed by atoms with van der Waals surface area (Å²) in [5.41, 5.74) is -2.24. The molecule has 110 valence electrons. The van der Waals surface area contributed by atoms with Crippen LogP contribution in [0.15, 0.2) is 12.1 Å². The number of aryl methyl sites for hydroxylation is 1. The maximum absolute atomic E-state index is 14.1. The monoisotopic (exact) mass is 285 g/mol. The van der Waals surface area contributed by atoms with Gasteiger partial charge in [-0.15, -0.1) is 0 Å². The summed E-state index contributed by atoms with van der Waals surface area (Å²) in [6.07, 6.45) is 0.840. The molecule has 1 rings (SSSR count). The number of hydrogen-bond donors (Lipinski definition) is 1. The number of carboxylic acid groups (broad SMARTS) is 1. The fourth-order valence-electron chi connectivity index (χ4n) is 2.03. The Morgan fingerprint density at radius 3 is 2.45 bits per heavy atom. The third kappa shape index (κ3) is 2.64. The molecule has 20 heavy (non-hydrogen) atoms. The van der Waals surface area contributed by atoms with Crippen molar-refractivity contribution in [2.75, 3.05) is 6.54 Å². The molecule has 0 spiro atoms. The minimum atomic E-state index is -1.95. The van der Waals surface area contributed by atoms with Crippen molar-refractivity contribution in [1.29, 1.82) is 0 Å². The minimum absolute atomic E-state index is 0.0760. The van der Waals surface area contributed by atoms with Gasteiger partial charge in [0.25, 0.3) is 0 Å². The van der Waals surface area contributed by atoms with Crippen LogP contribution in [-0.4, -0.2) is 28.9 Å². The van der Waals surface area contributed by atoms with Gasteiger partial charge in [-0.3, -0.25) is 4.79 Å². The first-order valence-corrected chi connectivity index (χ1v) is 6.20. The molecule has 0 aliphatic rings. The maximum atomic E-state index is 14.1. The Morgan fingerprint density at radius 2 is 2.00 bits per heavy atom. The van der Waals surface area contributed by atoms with Gasteiger partial charge in [-0.05, 0) is 38.0 Å². The second-order valence-electron chi connectivity index (χ2n) is 4.76. The molecule has 0 aliphatic carbocycles. The highest BCUT2D eigenvalue weighted by Crippen LogP contribution is 2.31. The molecule has 0 saturated carbocycles. The molecule has 1 unspecified atom stereocenters. The molecule has 1 N–H and O–H groups in total. The number of hydrogen-bond acceptors (Lipinski definition) is 2. The topological polar surface area (TPSA) is 57.6 Å². The van der Waals surface area contributed by atoms with E-state index < -0.39 is 23.1 Å². The average Bonchev–Trinajstić information content (AvgIpc) is 2.39. The summed E-state index contributed by atoms with van der Waals surface area (Å²) < 4.78 is 27.7. The number of halogens is 2. The minimum Gasteiger partial charge on any atom is -0.479 e. The van der Waals surface area contributed by atoms with Crippen molar-refractivity contribution in [1.82, 2.24) is 4.90 Å². The zero-order chi connectivity index (χ0) is 15.5. The van der Waals surface area contributed by atoms with Gasteiger partial charge in [0.1, 0.15) is 11.6 Å². The molecule has 1 amide bonds. The number of benzene rings is 1. The van der Waals surface area contributed by atoms with Crippen LogP contribution in [0, 0.1) is 18.6 Å². The van der Waals surface area contributed by atoms with Crippen LogP contribution >= 0.6 is 0 Å². The highest BCUT2D eigenvalue weighted by molar-refractivity contribution is 5.83. The highest BCUT2D eigenvalue weighted by atomic mass is 19.1. The van der Waals surface area contributed by atoms with Gasteiger partial charge < -0.3 is 10.0 Å². The largest absolute Gasteiger partial charge is 0.479 e. The SMILES string of the molecule is CCCN(C=O)C(C)(C(=O)O)c1cc(F)c(C)cc1F. The van der Waals surface area contributed by atoms with Gasteiger partial charge in [0.05, 0.1) is 0 Å². The number of aliphatic carboxylic acids is 1. The predicted molar refractivity (Wildman–Crippen MR) is 69.1 cm³/mol. The van der Waals surface area contributed by atoms with E-state index in [1.54, 1.807) is 6.92 Å². The van der Waals surface area contributed by atoms with Crippen LogP contribution < -0.4 is 0 Å². The molecular formula is C14H17F2NO3. The molecule has 0 bridgehead atoms. The summed E-state index contributed by atoms with van der Waals surface area (Å²) in [6, 6.07) is 1.77. The van der Waals surface area contributed by atoms with Crippen molar-refractivity contribution in [3.05, 3.63) is 34.9 Å². The summed E-state index contributed by atoms with van der Waals surface area (Å²) in [6.45, 7) is 4.45. The fraction of sp³-hybridized carbons (Fsp3) is 0.429. The third-order valence-corrected chi connectivity index (χ3v) is 3.36. The van der Waals surface area contributed by atoms with E-state index in [9.17, 15) is 23.5 Å². The lowest BCUT2D eigenvalue weighted by Crippen LogP contribution is -2.50. The van der Waals surface area contributed by atoms with E-state index in [-0.39, 0.29) is 17.7 Å². The Hall–Kier alpha value is -1.98. The van der Waals surface area contributed by atoms with E-state index in [4.69, 9.17) is 0 Å². The van der Waals surface area contributed by atoms with Gasteiger partial charge >= 0.3 is 5.97 Å². The zero-order valence-corrected chi connectivity index (χ0v) is 11.6. The smallest absolute Gasteiger partial charge is 0.334 e. The van der Waals surface area contributed by atoms with E-state index >= 15 is 0 Å². The Balaban J connectivity index is 3.51. The first-order chi connectivity index (χ1) is 9.28. The van der Waals surface area contributed by atoms with Crippen molar-refractivity contribution in [2.45, 2.75) is 32.7 Å². The van der Waals surface area contributed by atoms with Crippen LogP contribution in [0.4, 0.5) is 8.78 Å². The Morgan fingerprint density at radius 1 is 1.40 bits per heavy atom. The summed E-state index contributed by atoms with van der Waals surface area (Å²) in [5.74, 6) is -2.98. The molecule has 1 aromatic carbocycles. The molecule has 0 aliphatic heterocycles. The van der Waals surface area contributed by atoms with Crippen molar-refractivity contribution < 1.29 is 23.5 Å². The number of carboxylic acids is 1. The quantitative estimate of drug-likeness (QED) is 0.817. The number of nitrogens with zero attached hydrogens (tertiary/aromatic N) is 1. The van der Waals surface area contributed by atoms with Crippen LogP contribution in [-0.2, 0) is 15.1 Å². The first-order valence-electron chi connectivity index (χ1n) is 6.20. The summed E-state index contributed by atoms with van der Waals surface area (Å²) >= 11 is 0. The number of carbonyl (C=O) groups is 2. The molecular weight excluding hydrogens is 268 g/mol. The van der Waals surface area contributed by atoms with Gasteiger partial charge in [-0.1, -0.05) is 6.92 Å². The van der Waals surface area contributed by atoms with Gasteiger partial charge in [0, 0.05) is 12.1 Å². The highest BCUT2D eigenvalue weighted by Gasteiger charge is 2.43. The standard InChI is InChI=1S/C14H17F2NO3/c1-4-5-17(8-18)14(3,13(19)20)10-7-11(15)9(2)6-12(10)16/h6-8H,4-5H2,1-3H3,(H,19,20). The number of carbonyl (C=O) groups excluding carboxylic acids is 1. The van der Waals surface area contributed by atoms with Crippen LogP contribution in [0.2, 0.25) is 0 Å². The molecule has 0 fully saturated rings. The Labute approximate surface area is 116 Å². The molecule has 0 heterocycles. The van der Waals surface area contributed by atoms with Crippen molar-refractivity contribution in [3.8, 4) is 0 Å². The first kappa shape index (κ1) is 16.1. The molecule has 1 aromatic rings. The van der Waals surface area contributed by atoms with Crippen LogP contribution in [0.5, 0.6) is 0 Å². The summed E-state index contributed by atoms with van der Waals surface area (Å²) in [7, 11) is 0. The van der Waals surface area contributed by atoms with Gasteiger partial charge in [0.2, 0.25) is 6.41 Å². The Kier molecular flexibility index (Phi) is 4.81. The van der Waals surface area contributed by atoms with E-state index in [1.807, 2.05) is 0 Å². The van der Waals surface area contributed by atoms with Crippen molar-refractivity contribution in [2.24, 2.45) is 0 Å². The molecule has 0 saturated heterocycles. The maximum Gasteiger partial charge on any atom is 0.334 e. The molecule has 4 nitrogen and oxygen atoms in total. The summed E-state index contributed by atoms with van der Waals surface area (Å²) in [4.78, 5) is 23.6. The van der Waals surface area contributed by atoms with E-state index in [2.05, 4.69) is 0 Å². The second kappa shape index (κ2) is 5.98. The molecule has 1 atom stereocenters. The Bertz CT molecular complexity index is 533. The molecule has 6 heteroatoms. The average molecular weight is 285 g/mol. The van der Waals surface area contributed by atoms with E-state index in [0.717, 1.165) is 17.0 Å². The second-order valence-corrected chi connectivity index (χ2v) is 4.76. The third-order valence-electron chi connectivity index (χ3n) is 3.36. The fourth-order valence-corrected chi connectivity index (χ4v) is 2.03. The lowest BCUT2D eigenvalue weighted by atomic mass is 9.88. The van der Waals surface area contributed by atoms with Gasteiger partial charge in [-0.25, -0.2) is 13.6 Å². The molecule has 0 aromatic heterocycles. The van der Waals surface area contributed by atoms with Crippen LogP contribution in [0.25, 0.3) is 0 Å². The predicted octanol–water partition coefficient (Wildman–Crippen LogP) is 2.44. The number of rotatable bonds is 6. The van der Waals surface area contributed by atoms with Crippen LogP contribution in [0.1, 0.15) is 31.4 Å². The lowest BCUT2D eigenvalue weighted by molar-refractivity contribution is -0.155.